The second kappa shape index (κ2) is 13.7. The zero-order valence-corrected chi connectivity index (χ0v) is 25.0. The highest BCUT2D eigenvalue weighted by molar-refractivity contribution is 5.99. The Labute approximate surface area is 258 Å². The molecule has 1 aromatic carbocycles. The number of anilines is 2. The van der Waals surface area contributed by atoms with E-state index in [4.69, 9.17) is 4.74 Å². The van der Waals surface area contributed by atoms with E-state index < -0.39 is 60.4 Å². The lowest BCUT2D eigenvalue weighted by atomic mass is 9.85. The van der Waals surface area contributed by atoms with Gasteiger partial charge in [0.05, 0.1) is 17.2 Å². The maximum absolute atomic E-state index is 13.9. The first-order chi connectivity index (χ1) is 21.4. The number of carbonyl (C=O) groups excluding carboxylic acids is 2. The molecule has 0 radical (unpaired) electrons. The number of pyridine rings is 1. The smallest absolute Gasteiger partial charge is 0.418 e. The van der Waals surface area contributed by atoms with Crippen molar-refractivity contribution in [3.63, 3.8) is 0 Å². The fourth-order valence-corrected chi connectivity index (χ4v) is 5.02. The summed E-state index contributed by atoms with van der Waals surface area (Å²) in [6.07, 6.45) is -12.4. The summed E-state index contributed by atoms with van der Waals surface area (Å²) in [4.78, 5) is 33.6. The van der Waals surface area contributed by atoms with Crippen LogP contribution in [0.1, 0.15) is 61.0 Å². The predicted octanol–water partition coefficient (Wildman–Crippen LogP) is 6.50. The number of hydrogen-bond acceptors (Lipinski definition) is 6. The summed E-state index contributed by atoms with van der Waals surface area (Å²) in [5.41, 5.74) is -1.43. The van der Waals surface area contributed by atoms with Crippen molar-refractivity contribution in [2.45, 2.75) is 70.9 Å². The molecule has 252 valence electrons. The molecule has 3 aromatic rings. The molecular formula is C29H32F8N6O3. The van der Waals surface area contributed by atoms with Crippen molar-refractivity contribution in [3.8, 4) is 5.88 Å². The SMILES string of the molecule is CC(C)C(=O)NCc1ccc(C(F)(F)F)c(Nc2nc3cc(C(=O)N[C@H]4CC[C@H](C(F)(F)F)CC4)c(OCC(F)F)nc3n2C)c1. The van der Waals surface area contributed by atoms with Crippen LogP contribution in [0.15, 0.2) is 24.3 Å². The van der Waals surface area contributed by atoms with Crippen molar-refractivity contribution in [3.05, 3.63) is 41.0 Å². The Morgan fingerprint density at radius 3 is 2.28 bits per heavy atom. The van der Waals surface area contributed by atoms with Gasteiger partial charge in [0.2, 0.25) is 17.7 Å². The number of ether oxygens (including phenoxy) is 1. The summed E-state index contributed by atoms with van der Waals surface area (Å²) in [6, 6.07) is 3.80. The standard InChI is InChI=1S/C29H32F8N6O3/c1-14(2)24(44)38-12-15-4-9-19(29(35,36)37)20(10-15)40-27-41-21-11-18(26(46-13-22(30)31)42-23(21)43(27)3)25(45)39-17-7-5-16(6-8-17)28(32,33)34/h4,9-11,14,16-17,22H,5-8,12-13H2,1-3H3,(H,38,44)(H,39,45)(H,40,41)/t16-,17-. The molecular weight excluding hydrogens is 632 g/mol. The monoisotopic (exact) mass is 664 g/mol. The van der Waals surface area contributed by atoms with Crippen molar-refractivity contribution in [1.82, 2.24) is 25.2 Å². The molecule has 46 heavy (non-hydrogen) atoms. The van der Waals surface area contributed by atoms with Gasteiger partial charge in [0.15, 0.2) is 12.3 Å². The molecule has 2 aromatic heterocycles. The zero-order valence-electron chi connectivity index (χ0n) is 25.0. The van der Waals surface area contributed by atoms with Gasteiger partial charge in [0, 0.05) is 25.6 Å². The minimum Gasteiger partial charge on any atom is -0.471 e. The van der Waals surface area contributed by atoms with Crippen LogP contribution in [0, 0.1) is 11.8 Å². The Balaban J connectivity index is 1.65. The van der Waals surface area contributed by atoms with Crippen LogP contribution in [0.25, 0.3) is 11.2 Å². The molecule has 0 aliphatic heterocycles. The third-order valence-corrected chi connectivity index (χ3v) is 7.55. The molecule has 2 heterocycles. The third kappa shape index (κ3) is 8.34. The number of aryl methyl sites for hydroxylation is 1. The normalized spacial score (nSPS) is 17.4. The second-order valence-corrected chi connectivity index (χ2v) is 11.3. The Morgan fingerprint density at radius 1 is 1.02 bits per heavy atom. The van der Waals surface area contributed by atoms with E-state index in [9.17, 15) is 44.7 Å². The molecule has 1 fully saturated rings. The topological polar surface area (TPSA) is 110 Å². The Bertz CT molecular complexity index is 1560. The van der Waals surface area contributed by atoms with Crippen molar-refractivity contribution < 1.29 is 49.4 Å². The quantitative estimate of drug-likeness (QED) is 0.214. The molecule has 4 rings (SSSR count). The van der Waals surface area contributed by atoms with Crippen LogP contribution < -0.4 is 20.7 Å². The van der Waals surface area contributed by atoms with E-state index >= 15 is 0 Å². The van der Waals surface area contributed by atoms with E-state index in [1.807, 2.05) is 0 Å². The number of rotatable bonds is 10. The first-order valence-corrected chi connectivity index (χ1v) is 14.3. The van der Waals surface area contributed by atoms with E-state index in [0.717, 1.165) is 12.1 Å². The minimum atomic E-state index is -4.77. The maximum Gasteiger partial charge on any atom is 0.418 e. The molecule has 3 N–H and O–H groups in total. The maximum atomic E-state index is 13.9. The van der Waals surface area contributed by atoms with Crippen LogP contribution in [0.4, 0.5) is 46.8 Å². The van der Waals surface area contributed by atoms with E-state index in [1.165, 1.54) is 23.7 Å². The second-order valence-electron chi connectivity index (χ2n) is 11.3. The molecule has 1 saturated carbocycles. The number of fused-ring (bicyclic) bond motifs is 1. The fraction of sp³-hybridized carbons (Fsp3) is 0.517. The van der Waals surface area contributed by atoms with Gasteiger partial charge in [0.1, 0.15) is 11.1 Å². The van der Waals surface area contributed by atoms with Gasteiger partial charge in [-0.3, -0.25) is 14.2 Å². The van der Waals surface area contributed by atoms with E-state index in [-0.39, 0.29) is 66.7 Å². The van der Waals surface area contributed by atoms with Crippen LogP contribution in [-0.2, 0) is 24.6 Å². The number of amides is 2. The highest BCUT2D eigenvalue weighted by atomic mass is 19.4. The summed E-state index contributed by atoms with van der Waals surface area (Å²) >= 11 is 0. The molecule has 0 unspecified atom stereocenters. The highest BCUT2D eigenvalue weighted by Gasteiger charge is 2.41. The van der Waals surface area contributed by atoms with Gasteiger partial charge in [-0.15, -0.1) is 0 Å². The minimum absolute atomic E-state index is 0.00534. The summed E-state index contributed by atoms with van der Waals surface area (Å²) in [6.45, 7) is 2.15. The van der Waals surface area contributed by atoms with Gasteiger partial charge < -0.3 is 20.7 Å². The number of nitrogens with one attached hydrogen (secondary N) is 3. The van der Waals surface area contributed by atoms with E-state index in [0.29, 0.717) is 5.56 Å². The fourth-order valence-electron chi connectivity index (χ4n) is 5.02. The highest BCUT2D eigenvalue weighted by Crippen LogP contribution is 2.39. The molecule has 1 aliphatic rings. The van der Waals surface area contributed by atoms with Crippen molar-refractivity contribution in [2.75, 3.05) is 11.9 Å². The van der Waals surface area contributed by atoms with Crippen molar-refractivity contribution in [1.29, 1.82) is 0 Å². The number of imidazole rings is 1. The lowest BCUT2D eigenvalue weighted by Crippen LogP contribution is -2.40. The first-order valence-electron chi connectivity index (χ1n) is 14.3. The average Bonchev–Trinajstić information content (AvgIpc) is 3.27. The van der Waals surface area contributed by atoms with Crippen LogP contribution in [0.2, 0.25) is 0 Å². The van der Waals surface area contributed by atoms with E-state index in [1.54, 1.807) is 13.8 Å². The summed E-state index contributed by atoms with van der Waals surface area (Å²) in [5.74, 6) is -3.63. The Kier molecular flexibility index (Phi) is 10.3. The van der Waals surface area contributed by atoms with Crippen LogP contribution >= 0.6 is 0 Å². The summed E-state index contributed by atoms with van der Waals surface area (Å²) < 4.78 is 113. The lowest BCUT2D eigenvalue weighted by molar-refractivity contribution is -0.182. The molecule has 2 amide bonds. The number of benzene rings is 1. The van der Waals surface area contributed by atoms with Gasteiger partial charge in [-0.05, 0) is 49.4 Å². The van der Waals surface area contributed by atoms with Crippen LogP contribution in [0.5, 0.6) is 5.88 Å². The van der Waals surface area contributed by atoms with Crippen LogP contribution in [-0.4, -0.2) is 51.6 Å². The van der Waals surface area contributed by atoms with Gasteiger partial charge in [-0.25, -0.2) is 13.8 Å². The molecule has 0 saturated heterocycles. The summed E-state index contributed by atoms with van der Waals surface area (Å²) in [5, 5.41) is 7.84. The number of carbonyl (C=O) groups is 2. The molecule has 1 aliphatic carbocycles. The predicted molar refractivity (Wildman–Crippen MR) is 151 cm³/mol. The molecule has 17 heteroatoms. The summed E-state index contributed by atoms with van der Waals surface area (Å²) in [7, 11) is 1.39. The number of aromatic nitrogens is 3. The average molecular weight is 665 g/mol. The largest absolute Gasteiger partial charge is 0.471 e. The zero-order chi connectivity index (χ0) is 34.0. The van der Waals surface area contributed by atoms with Crippen molar-refractivity contribution >= 4 is 34.6 Å². The Morgan fingerprint density at radius 2 is 1.70 bits per heavy atom. The molecule has 0 spiro atoms. The van der Waals surface area contributed by atoms with Crippen molar-refractivity contribution in [2.24, 2.45) is 18.9 Å². The molecule has 0 bridgehead atoms. The molecule has 0 atom stereocenters. The third-order valence-electron chi connectivity index (χ3n) is 7.55. The van der Waals surface area contributed by atoms with Gasteiger partial charge in [-0.2, -0.15) is 31.3 Å². The number of alkyl halides is 8. The lowest BCUT2D eigenvalue weighted by Gasteiger charge is -2.30. The van der Waals surface area contributed by atoms with E-state index in [2.05, 4.69) is 25.9 Å². The Hall–Kier alpha value is -4.18. The number of nitrogens with zero attached hydrogens (tertiary/aromatic N) is 3. The molecule has 9 nitrogen and oxygen atoms in total. The first kappa shape index (κ1) is 34.7. The number of halogens is 8. The number of hydrogen-bond donors (Lipinski definition) is 3. The van der Waals surface area contributed by atoms with Crippen LogP contribution in [0.3, 0.4) is 0 Å². The van der Waals surface area contributed by atoms with Gasteiger partial charge >= 0.3 is 12.4 Å². The van der Waals surface area contributed by atoms with Gasteiger partial charge in [0.25, 0.3) is 12.3 Å². The van der Waals surface area contributed by atoms with Gasteiger partial charge in [-0.1, -0.05) is 19.9 Å².